The molecule has 0 amide bonds. The summed E-state index contributed by atoms with van der Waals surface area (Å²) in [4.78, 5) is 13.4. The number of carbonyl (C=O) groups is 1. The average molecular weight is 263 g/mol. The van der Waals surface area contributed by atoms with Gasteiger partial charge in [-0.1, -0.05) is 13.0 Å². The fourth-order valence-electron chi connectivity index (χ4n) is 2.28. The second-order valence-electron chi connectivity index (χ2n) is 4.86. The maximum Gasteiger partial charge on any atom is 0.337 e. The molecule has 0 aromatic heterocycles. The van der Waals surface area contributed by atoms with Gasteiger partial charge in [0.05, 0.1) is 16.9 Å². The van der Waals surface area contributed by atoms with E-state index in [1.165, 1.54) is 18.9 Å². The number of carboxylic acid groups (broad SMARTS) is 1. The van der Waals surface area contributed by atoms with Crippen molar-refractivity contribution in [2.75, 3.05) is 30.7 Å². The van der Waals surface area contributed by atoms with E-state index in [9.17, 15) is 4.79 Å². The van der Waals surface area contributed by atoms with Crippen LogP contribution in [0.3, 0.4) is 0 Å². The normalized spacial score (nSPS) is 14.6. The molecule has 5 heteroatoms. The molecule has 0 saturated heterocycles. The van der Waals surface area contributed by atoms with Crippen molar-refractivity contribution in [3.05, 3.63) is 23.8 Å². The number of nitrogen functional groups attached to an aromatic ring is 1. The molecule has 19 heavy (non-hydrogen) atoms. The minimum absolute atomic E-state index is 0.152. The van der Waals surface area contributed by atoms with E-state index >= 15 is 0 Å². The van der Waals surface area contributed by atoms with Gasteiger partial charge < -0.3 is 16.2 Å². The number of anilines is 2. The number of carboxylic acids is 1. The highest BCUT2D eigenvalue weighted by Crippen LogP contribution is 2.26. The fraction of sp³-hybridized carbons (Fsp3) is 0.500. The van der Waals surface area contributed by atoms with E-state index in [4.69, 9.17) is 10.8 Å². The Balaban J connectivity index is 1.92. The van der Waals surface area contributed by atoms with E-state index in [-0.39, 0.29) is 5.56 Å². The Hall–Kier alpha value is -1.75. The quantitative estimate of drug-likeness (QED) is 0.654. The van der Waals surface area contributed by atoms with Gasteiger partial charge in [-0.15, -0.1) is 0 Å². The van der Waals surface area contributed by atoms with Gasteiger partial charge in [-0.3, -0.25) is 4.90 Å². The summed E-state index contributed by atoms with van der Waals surface area (Å²) >= 11 is 0. The predicted molar refractivity (Wildman–Crippen MR) is 76.6 cm³/mol. The van der Waals surface area contributed by atoms with E-state index in [0.29, 0.717) is 11.4 Å². The number of likely N-dealkylation sites (N-methyl/N-ethyl adjacent to an activating group) is 1. The Labute approximate surface area is 113 Å². The molecule has 1 aromatic rings. The van der Waals surface area contributed by atoms with Gasteiger partial charge in [-0.05, 0) is 31.5 Å². The summed E-state index contributed by atoms with van der Waals surface area (Å²) < 4.78 is 0. The highest BCUT2D eigenvalue weighted by atomic mass is 16.4. The molecule has 0 aliphatic heterocycles. The molecule has 0 unspecified atom stereocenters. The van der Waals surface area contributed by atoms with Crippen molar-refractivity contribution >= 4 is 17.3 Å². The first-order valence-corrected chi connectivity index (χ1v) is 6.73. The zero-order valence-electron chi connectivity index (χ0n) is 11.2. The number of hydrogen-bond acceptors (Lipinski definition) is 4. The van der Waals surface area contributed by atoms with Crippen LogP contribution < -0.4 is 11.1 Å². The monoisotopic (exact) mass is 263 g/mol. The largest absolute Gasteiger partial charge is 0.478 e. The lowest BCUT2D eigenvalue weighted by Gasteiger charge is -2.20. The average Bonchev–Trinajstić information content (AvgIpc) is 3.20. The molecule has 0 bridgehead atoms. The van der Waals surface area contributed by atoms with E-state index < -0.39 is 5.97 Å². The molecular formula is C14H21N3O2. The molecule has 1 aliphatic carbocycles. The van der Waals surface area contributed by atoms with Gasteiger partial charge in [0.1, 0.15) is 0 Å². The van der Waals surface area contributed by atoms with E-state index in [0.717, 1.165) is 25.7 Å². The highest BCUT2D eigenvalue weighted by molar-refractivity contribution is 5.97. The minimum Gasteiger partial charge on any atom is -0.478 e. The molecule has 1 aromatic carbocycles. The zero-order chi connectivity index (χ0) is 13.8. The number of nitrogens with zero attached hydrogens (tertiary/aromatic N) is 1. The molecule has 1 saturated carbocycles. The van der Waals surface area contributed by atoms with E-state index in [1.807, 2.05) is 6.07 Å². The molecule has 0 spiro atoms. The second-order valence-corrected chi connectivity index (χ2v) is 4.86. The smallest absolute Gasteiger partial charge is 0.337 e. The van der Waals surface area contributed by atoms with Crippen molar-refractivity contribution < 1.29 is 9.90 Å². The van der Waals surface area contributed by atoms with Crippen LogP contribution in [0.25, 0.3) is 0 Å². The van der Waals surface area contributed by atoms with Crippen molar-refractivity contribution in [3.63, 3.8) is 0 Å². The maximum atomic E-state index is 11.0. The van der Waals surface area contributed by atoms with Crippen LogP contribution in [0.1, 0.15) is 30.1 Å². The lowest BCUT2D eigenvalue weighted by Crippen LogP contribution is -2.31. The number of benzene rings is 1. The Bertz CT molecular complexity index is 458. The van der Waals surface area contributed by atoms with Crippen LogP contribution in [-0.2, 0) is 0 Å². The molecule has 5 nitrogen and oxygen atoms in total. The third-order valence-electron chi connectivity index (χ3n) is 3.52. The van der Waals surface area contributed by atoms with Crippen LogP contribution >= 0.6 is 0 Å². The summed E-state index contributed by atoms with van der Waals surface area (Å²) in [5.41, 5.74) is 7.01. The van der Waals surface area contributed by atoms with Gasteiger partial charge in [0, 0.05) is 19.1 Å². The van der Waals surface area contributed by atoms with E-state index in [1.54, 1.807) is 6.07 Å². The van der Waals surface area contributed by atoms with Gasteiger partial charge in [-0.25, -0.2) is 4.79 Å². The summed E-state index contributed by atoms with van der Waals surface area (Å²) in [7, 11) is 0. The van der Waals surface area contributed by atoms with Gasteiger partial charge in [0.15, 0.2) is 0 Å². The number of nitrogens with two attached hydrogens (primary N) is 1. The van der Waals surface area contributed by atoms with Gasteiger partial charge in [0.2, 0.25) is 0 Å². The Morgan fingerprint density at radius 3 is 2.84 bits per heavy atom. The van der Waals surface area contributed by atoms with Gasteiger partial charge in [-0.2, -0.15) is 0 Å². The summed E-state index contributed by atoms with van der Waals surface area (Å²) in [6, 6.07) is 5.79. The number of para-hydroxylation sites is 1. The summed E-state index contributed by atoms with van der Waals surface area (Å²) in [6.07, 6.45) is 2.59. The van der Waals surface area contributed by atoms with E-state index in [2.05, 4.69) is 17.1 Å². The number of nitrogens with one attached hydrogen (secondary N) is 1. The summed E-state index contributed by atoms with van der Waals surface area (Å²) in [6.45, 7) is 4.95. The summed E-state index contributed by atoms with van der Waals surface area (Å²) in [5, 5.41) is 12.2. The predicted octanol–water partition coefficient (Wildman–Crippen LogP) is 1.86. The highest BCUT2D eigenvalue weighted by Gasteiger charge is 2.27. The Morgan fingerprint density at radius 2 is 2.26 bits per heavy atom. The van der Waals surface area contributed by atoms with Crippen LogP contribution in [0, 0.1) is 0 Å². The minimum atomic E-state index is -0.991. The second kappa shape index (κ2) is 5.93. The Morgan fingerprint density at radius 1 is 1.53 bits per heavy atom. The fourth-order valence-corrected chi connectivity index (χ4v) is 2.28. The maximum absolute atomic E-state index is 11.0. The van der Waals surface area contributed by atoms with Crippen molar-refractivity contribution in [3.8, 4) is 0 Å². The Kier molecular flexibility index (Phi) is 4.27. The standard InChI is InChI=1S/C14H21N3O2/c1-2-17(10-6-7-10)9-8-16-12-5-3-4-11(13(12)15)14(18)19/h3-5,10,16H,2,6-9,15H2,1H3,(H,18,19). The molecule has 0 atom stereocenters. The first kappa shape index (κ1) is 13.7. The molecule has 2 rings (SSSR count). The van der Waals surface area contributed by atoms with Gasteiger partial charge in [0.25, 0.3) is 0 Å². The SMILES string of the molecule is CCN(CCNc1cccc(C(=O)O)c1N)C1CC1. The third-order valence-corrected chi connectivity index (χ3v) is 3.52. The molecular weight excluding hydrogens is 242 g/mol. The summed E-state index contributed by atoms with van der Waals surface area (Å²) in [5.74, 6) is -0.991. The molecule has 0 heterocycles. The van der Waals surface area contributed by atoms with Gasteiger partial charge >= 0.3 is 5.97 Å². The van der Waals surface area contributed by atoms with Crippen molar-refractivity contribution in [2.45, 2.75) is 25.8 Å². The zero-order valence-corrected chi connectivity index (χ0v) is 11.2. The number of hydrogen-bond donors (Lipinski definition) is 3. The number of aromatic carboxylic acids is 1. The molecule has 0 radical (unpaired) electrons. The van der Waals surface area contributed by atoms with Crippen molar-refractivity contribution in [1.82, 2.24) is 4.90 Å². The first-order valence-electron chi connectivity index (χ1n) is 6.73. The third kappa shape index (κ3) is 3.38. The molecule has 1 fully saturated rings. The first-order chi connectivity index (χ1) is 9.13. The lowest BCUT2D eigenvalue weighted by atomic mass is 10.1. The van der Waals surface area contributed by atoms with Crippen LogP contribution in [0.4, 0.5) is 11.4 Å². The topological polar surface area (TPSA) is 78.6 Å². The van der Waals surface area contributed by atoms with Crippen molar-refractivity contribution in [1.29, 1.82) is 0 Å². The lowest BCUT2D eigenvalue weighted by molar-refractivity contribution is 0.0698. The number of rotatable bonds is 7. The molecule has 104 valence electrons. The van der Waals surface area contributed by atoms with Crippen LogP contribution in [0.2, 0.25) is 0 Å². The molecule has 4 N–H and O–H groups in total. The van der Waals surface area contributed by atoms with Crippen LogP contribution in [-0.4, -0.2) is 41.7 Å². The van der Waals surface area contributed by atoms with Crippen LogP contribution in [0.5, 0.6) is 0 Å². The van der Waals surface area contributed by atoms with Crippen molar-refractivity contribution in [2.24, 2.45) is 0 Å². The molecule has 1 aliphatic rings. The van der Waals surface area contributed by atoms with Crippen LogP contribution in [0.15, 0.2) is 18.2 Å².